The second-order valence-electron chi connectivity index (χ2n) is 7.25. The van der Waals surface area contributed by atoms with Gasteiger partial charge >= 0.3 is 17.6 Å². The first-order chi connectivity index (χ1) is 12.5. The molecule has 0 unspecified atom stereocenters. The van der Waals surface area contributed by atoms with E-state index >= 15 is 0 Å². The maximum absolute atomic E-state index is 12.4. The predicted molar refractivity (Wildman–Crippen MR) is 88.1 cm³/mol. The fourth-order valence-corrected chi connectivity index (χ4v) is 4.37. The van der Waals surface area contributed by atoms with Crippen molar-refractivity contribution in [3.05, 3.63) is 34.1 Å². The van der Waals surface area contributed by atoms with Crippen LogP contribution in [0.3, 0.4) is 0 Å². The number of hydrogen-bond acceptors (Lipinski definition) is 7. The normalized spacial score (nSPS) is 25.3. The summed E-state index contributed by atoms with van der Waals surface area (Å²) in [7, 11) is 0. The van der Waals surface area contributed by atoms with Crippen LogP contribution in [0.2, 0.25) is 0 Å². The first-order valence-electron chi connectivity index (χ1n) is 8.81. The van der Waals surface area contributed by atoms with Crippen molar-refractivity contribution in [1.29, 1.82) is 0 Å². The molecule has 1 N–H and O–H groups in total. The van der Waals surface area contributed by atoms with Crippen LogP contribution < -0.4 is 5.32 Å². The van der Waals surface area contributed by atoms with Gasteiger partial charge in [0.05, 0.1) is 17.4 Å². The molecule has 10 heteroatoms. The van der Waals surface area contributed by atoms with Gasteiger partial charge in [-0.1, -0.05) is 11.6 Å². The summed E-state index contributed by atoms with van der Waals surface area (Å²) >= 11 is 0. The number of nitro groups is 1. The van der Waals surface area contributed by atoms with Crippen LogP contribution in [-0.2, 0) is 6.54 Å². The first kappa shape index (κ1) is 16.7. The summed E-state index contributed by atoms with van der Waals surface area (Å²) in [5, 5.41) is 21.1. The topological polar surface area (TPSA) is 129 Å². The smallest absolute Gasteiger partial charge is 0.358 e. The van der Waals surface area contributed by atoms with Crippen LogP contribution in [-0.4, -0.2) is 36.8 Å². The van der Waals surface area contributed by atoms with Gasteiger partial charge in [0.15, 0.2) is 5.82 Å². The third-order valence-electron chi connectivity index (χ3n) is 5.57. The fraction of sp³-hybridized carbons (Fsp3) is 0.625. The zero-order valence-electron chi connectivity index (χ0n) is 14.4. The minimum Gasteiger partial charge on any atom is -0.358 e. The second-order valence-corrected chi connectivity index (χ2v) is 7.25. The Bertz CT molecular complexity index is 830. The number of aromatic nitrogens is 4. The highest BCUT2D eigenvalue weighted by Gasteiger charge is 2.42. The molecule has 138 valence electrons. The van der Waals surface area contributed by atoms with E-state index in [1.54, 1.807) is 0 Å². The van der Waals surface area contributed by atoms with E-state index in [4.69, 9.17) is 4.52 Å². The molecule has 2 fully saturated rings. The Morgan fingerprint density at radius 1 is 1.50 bits per heavy atom. The van der Waals surface area contributed by atoms with Gasteiger partial charge in [-0.25, -0.2) is 0 Å². The van der Waals surface area contributed by atoms with E-state index in [9.17, 15) is 14.9 Å². The summed E-state index contributed by atoms with van der Waals surface area (Å²) in [4.78, 5) is 26.5. The van der Waals surface area contributed by atoms with Crippen LogP contribution in [0.5, 0.6) is 0 Å². The predicted octanol–water partition coefficient (Wildman–Crippen LogP) is 1.78. The summed E-state index contributed by atoms with van der Waals surface area (Å²) in [5.41, 5.74) is 0. The maximum Gasteiger partial charge on any atom is 0.389 e. The lowest BCUT2D eigenvalue weighted by atomic mass is 9.84. The minimum absolute atomic E-state index is 0.0712. The summed E-state index contributed by atoms with van der Waals surface area (Å²) in [6.45, 7) is 2.12. The highest BCUT2D eigenvalue weighted by molar-refractivity contribution is 5.89. The van der Waals surface area contributed by atoms with Crippen molar-refractivity contribution < 1.29 is 14.2 Å². The highest BCUT2D eigenvalue weighted by atomic mass is 16.6. The van der Waals surface area contributed by atoms with Gasteiger partial charge in [-0.2, -0.15) is 9.67 Å². The van der Waals surface area contributed by atoms with Crippen molar-refractivity contribution >= 4 is 11.7 Å². The third kappa shape index (κ3) is 3.18. The average molecular weight is 360 g/mol. The standard InChI is InChI=1S/C16H20N6O4/c1-9(12-7-10-2-3-11(12)6-10)17-15(23)16-18-13(20-26-16)8-21-5-4-14(19-21)22(24)25/h4-5,9-12H,2-3,6-8H2,1H3,(H,17,23)/t9-,10-,11-,12-/m1/s1. The number of fused-ring (bicyclic) bond motifs is 2. The van der Waals surface area contributed by atoms with Gasteiger partial charge in [0, 0.05) is 6.04 Å². The Morgan fingerprint density at radius 3 is 3.00 bits per heavy atom. The van der Waals surface area contributed by atoms with Crippen molar-refractivity contribution in [2.75, 3.05) is 0 Å². The summed E-state index contributed by atoms with van der Waals surface area (Å²) in [6, 6.07) is 1.35. The van der Waals surface area contributed by atoms with Crippen LogP contribution in [0.25, 0.3) is 0 Å². The third-order valence-corrected chi connectivity index (χ3v) is 5.57. The molecule has 2 saturated carbocycles. The van der Waals surface area contributed by atoms with E-state index < -0.39 is 4.92 Å². The van der Waals surface area contributed by atoms with E-state index in [0.29, 0.717) is 11.8 Å². The van der Waals surface area contributed by atoms with Gasteiger partial charge in [-0.3, -0.25) is 4.79 Å². The van der Waals surface area contributed by atoms with Gasteiger partial charge in [-0.15, -0.1) is 0 Å². The molecule has 2 aromatic rings. The highest BCUT2D eigenvalue weighted by Crippen LogP contribution is 2.49. The summed E-state index contributed by atoms with van der Waals surface area (Å²) < 4.78 is 6.35. The Balaban J connectivity index is 1.36. The van der Waals surface area contributed by atoms with Gasteiger partial charge in [0.1, 0.15) is 6.54 Å². The molecule has 2 heterocycles. The average Bonchev–Trinajstić information content (AvgIpc) is 3.39. The molecule has 2 bridgehead atoms. The summed E-state index contributed by atoms with van der Waals surface area (Å²) in [5.74, 6) is 1.54. The molecule has 2 aromatic heterocycles. The number of nitrogens with one attached hydrogen (secondary N) is 1. The van der Waals surface area contributed by atoms with E-state index in [2.05, 4.69) is 20.6 Å². The monoisotopic (exact) mass is 360 g/mol. The van der Waals surface area contributed by atoms with E-state index in [0.717, 1.165) is 5.92 Å². The SMILES string of the molecule is C[C@@H](NC(=O)c1nc(Cn2ccc([N+](=O)[O-])n2)no1)[C@H]1C[C@@H]2CC[C@@H]1C2. The molecule has 0 spiro atoms. The molecular formula is C16H20N6O4. The van der Waals surface area contributed by atoms with E-state index in [-0.39, 0.29) is 36.0 Å². The molecule has 1 amide bonds. The number of amides is 1. The zero-order valence-corrected chi connectivity index (χ0v) is 14.4. The van der Waals surface area contributed by atoms with E-state index in [1.807, 2.05) is 6.92 Å². The molecule has 2 aliphatic carbocycles. The van der Waals surface area contributed by atoms with Crippen molar-refractivity contribution in [2.24, 2.45) is 17.8 Å². The fourth-order valence-electron chi connectivity index (χ4n) is 4.37. The largest absolute Gasteiger partial charge is 0.389 e. The van der Waals surface area contributed by atoms with Gasteiger partial charge in [0.2, 0.25) is 0 Å². The number of carbonyl (C=O) groups excluding carboxylic acids is 1. The lowest BCUT2D eigenvalue weighted by Crippen LogP contribution is -2.40. The molecular weight excluding hydrogens is 340 g/mol. The molecule has 4 atom stereocenters. The summed E-state index contributed by atoms with van der Waals surface area (Å²) in [6.07, 6.45) is 6.49. The van der Waals surface area contributed by atoms with Crippen LogP contribution >= 0.6 is 0 Å². The second kappa shape index (κ2) is 6.50. The van der Waals surface area contributed by atoms with Gasteiger partial charge in [0.25, 0.3) is 0 Å². The molecule has 2 aliphatic rings. The lowest BCUT2D eigenvalue weighted by Gasteiger charge is -2.28. The number of nitrogens with zero attached hydrogens (tertiary/aromatic N) is 5. The lowest BCUT2D eigenvalue weighted by molar-refractivity contribution is -0.389. The number of hydrogen-bond donors (Lipinski definition) is 1. The Kier molecular flexibility index (Phi) is 4.17. The van der Waals surface area contributed by atoms with Crippen LogP contribution in [0.15, 0.2) is 16.8 Å². The molecule has 10 nitrogen and oxygen atoms in total. The molecule has 0 radical (unpaired) electrons. The van der Waals surface area contributed by atoms with Crippen molar-refractivity contribution in [3.8, 4) is 0 Å². The van der Waals surface area contributed by atoms with Crippen molar-refractivity contribution in [3.63, 3.8) is 0 Å². The van der Waals surface area contributed by atoms with E-state index in [1.165, 1.54) is 42.6 Å². The van der Waals surface area contributed by atoms with Gasteiger partial charge in [-0.05, 0) is 48.9 Å². The Labute approximate surface area is 149 Å². The molecule has 4 rings (SSSR count). The van der Waals surface area contributed by atoms with Crippen molar-refractivity contribution in [1.82, 2.24) is 25.2 Å². The zero-order chi connectivity index (χ0) is 18.3. The maximum atomic E-state index is 12.4. The number of rotatable bonds is 6. The molecule has 26 heavy (non-hydrogen) atoms. The first-order valence-corrected chi connectivity index (χ1v) is 8.81. The van der Waals surface area contributed by atoms with Crippen LogP contribution in [0.1, 0.15) is 49.1 Å². The van der Waals surface area contributed by atoms with Gasteiger partial charge < -0.3 is 20.0 Å². The van der Waals surface area contributed by atoms with Crippen molar-refractivity contribution in [2.45, 2.75) is 45.2 Å². The molecule has 0 saturated heterocycles. The van der Waals surface area contributed by atoms with Crippen LogP contribution in [0.4, 0.5) is 5.82 Å². The number of carbonyl (C=O) groups is 1. The quantitative estimate of drug-likeness (QED) is 0.614. The molecule has 0 aromatic carbocycles. The minimum atomic E-state index is -0.581. The molecule has 0 aliphatic heterocycles. The Hall–Kier alpha value is -2.78. The van der Waals surface area contributed by atoms with Crippen LogP contribution in [0, 0.1) is 27.9 Å². The Morgan fingerprint density at radius 2 is 2.35 bits per heavy atom.